The highest BCUT2D eigenvalue weighted by atomic mass is 32.2. The van der Waals surface area contributed by atoms with Gasteiger partial charge in [0.1, 0.15) is 10.6 Å². The van der Waals surface area contributed by atoms with Gasteiger partial charge in [-0.25, -0.2) is 13.2 Å². The van der Waals surface area contributed by atoms with Gasteiger partial charge in [-0.2, -0.15) is 0 Å². The van der Waals surface area contributed by atoms with Gasteiger partial charge in [-0.3, -0.25) is 0 Å². The molecule has 3 rings (SSSR count). The average Bonchev–Trinajstić information content (AvgIpc) is 2.92. The number of hydrogen-bond acceptors (Lipinski definition) is 6. The molecular weight excluding hydrogens is 416 g/mol. The Morgan fingerprint density at radius 3 is 2.32 bits per heavy atom. The number of esters is 1. The zero-order valence-electron chi connectivity index (χ0n) is 18.7. The van der Waals surface area contributed by atoms with Crippen LogP contribution in [0.5, 0.6) is 5.75 Å². The van der Waals surface area contributed by atoms with E-state index in [2.05, 4.69) is 0 Å². The third-order valence-electron chi connectivity index (χ3n) is 5.36. The smallest absolute Gasteiger partial charge is 0.340 e. The number of carbonyl (C=O) groups excluding carboxylic acids is 1. The van der Waals surface area contributed by atoms with Gasteiger partial charge in [0.05, 0.1) is 22.6 Å². The molecule has 7 nitrogen and oxygen atoms in total. The lowest BCUT2D eigenvalue weighted by Gasteiger charge is -2.17. The molecule has 1 aromatic heterocycles. The molecule has 31 heavy (non-hydrogen) atoms. The summed E-state index contributed by atoms with van der Waals surface area (Å²) in [5.74, 6) is -0.969. The topological polar surface area (TPSA) is 88.8 Å². The van der Waals surface area contributed by atoms with Crippen LogP contribution in [-0.4, -0.2) is 49.7 Å². The number of aromatic nitrogens is 1. The summed E-state index contributed by atoms with van der Waals surface area (Å²) in [5, 5.41) is 11.3. The summed E-state index contributed by atoms with van der Waals surface area (Å²) < 4.78 is 34.4. The summed E-state index contributed by atoms with van der Waals surface area (Å²) in [5.41, 5.74) is 2.63. The van der Waals surface area contributed by atoms with Crippen LogP contribution in [0.4, 0.5) is 0 Å². The number of phenols is 1. The molecule has 1 heterocycles. The molecule has 0 amide bonds. The number of hydrogen-bond donors (Lipinski definition) is 1. The van der Waals surface area contributed by atoms with Crippen molar-refractivity contribution in [2.45, 2.75) is 37.1 Å². The Balaban J connectivity index is 2.49. The van der Waals surface area contributed by atoms with Gasteiger partial charge in [0.2, 0.25) is 9.84 Å². The molecule has 0 spiro atoms. The maximum absolute atomic E-state index is 13.7. The van der Waals surface area contributed by atoms with E-state index in [0.29, 0.717) is 23.3 Å². The summed E-state index contributed by atoms with van der Waals surface area (Å²) in [6, 6.07) is 8.15. The summed E-state index contributed by atoms with van der Waals surface area (Å²) in [7, 11) is 1.29. The van der Waals surface area contributed by atoms with Crippen LogP contribution in [0.3, 0.4) is 0 Å². The van der Waals surface area contributed by atoms with E-state index in [-0.39, 0.29) is 33.1 Å². The second-order valence-electron chi connectivity index (χ2n) is 7.90. The fraction of sp³-hybridized carbons (Fsp3) is 0.348. The van der Waals surface area contributed by atoms with Crippen LogP contribution in [0.15, 0.2) is 40.1 Å². The summed E-state index contributed by atoms with van der Waals surface area (Å²) in [6.07, 6.45) is 0. The Morgan fingerprint density at radius 1 is 1.16 bits per heavy atom. The average molecular weight is 445 g/mol. The van der Waals surface area contributed by atoms with Crippen molar-refractivity contribution in [1.29, 1.82) is 0 Å². The third-order valence-corrected chi connectivity index (χ3v) is 7.18. The monoisotopic (exact) mass is 444 g/mol. The molecule has 2 aromatic carbocycles. The van der Waals surface area contributed by atoms with E-state index in [4.69, 9.17) is 4.74 Å². The number of aryl methyl sites for hydroxylation is 2. The van der Waals surface area contributed by atoms with Crippen molar-refractivity contribution in [3.63, 3.8) is 0 Å². The molecule has 0 aliphatic rings. The standard InChI is InChI=1S/C23H28N2O5S/c1-7-30-23(27)19-15(3)25(6)18-12-16(13-24(4)5)21(26)22(20(18)19)31(28,29)17-10-8-14(2)9-11-17/h8-12,26H,7,13H2,1-6H3. The zero-order chi connectivity index (χ0) is 23.1. The van der Waals surface area contributed by atoms with Crippen molar-refractivity contribution < 1.29 is 23.1 Å². The molecule has 0 aliphatic heterocycles. The van der Waals surface area contributed by atoms with Gasteiger partial charge >= 0.3 is 5.97 Å². The second-order valence-corrected chi connectivity index (χ2v) is 9.79. The number of benzene rings is 2. The number of sulfone groups is 1. The van der Waals surface area contributed by atoms with E-state index < -0.39 is 15.8 Å². The number of rotatable bonds is 6. The highest BCUT2D eigenvalue weighted by molar-refractivity contribution is 7.91. The molecule has 0 saturated heterocycles. The van der Waals surface area contributed by atoms with E-state index in [9.17, 15) is 18.3 Å². The number of carbonyl (C=O) groups is 1. The maximum atomic E-state index is 13.7. The third kappa shape index (κ3) is 3.93. The Bertz CT molecular complexity index is 1260. The lowest BCUT2D eigenvalue weighted by Crippen LogP contribution is -2.13. The van der Waals surface area contributed by atoms with Crippen LogP contribution >= 0.6 is 0 Å². The molecule has 0 radical (unpaired) electrons. The molecule has 0 fully saturated rings. The van der Waals surface area contributed by atoms with Crippen LogP contribution in [0, 0.1) is 13.8 Å². The van der Waals surface area contributed by atoms with Crippen molar-refractivity contribution in [1.82, 2.24) is 9.47 Å². The van der Waals surface area contributed by atoms with Gasteiger partial charge in [-0.1, -0.05) is 17.7 Å². The first kappa shape index (κ1) is 22.8. The molecule has 8 heteroatoms. The number of fused-ring (bicyclic) bond motifs is 1. The van der Waals surface area contributed by atoms with Gasteiger partial charge in [0.15, 0.2) is 0 Å². The zero-order valence-corrected chi connectivity index (χ0v) is 19.5. The Labute approximate surface area is 182 Å². The van der Waals surface area contributed by atoms with Crippen LogP contribution in [-0.2, 0) is 28.2 Å². The van der Waals surface area contributed by atoms with Gasteiger partial charge in [-0.15, -0.1) is 0 Å². The van der Waals surface area contributed by atoms with Crippen LogP contribution in [0.1, 0.15) is 34.1 Å². The number of aromatic hydroxyl groups is 1. The first-order chi connectivity index (χ1) is 14.5. The van der Waals surface area contributed by atoms with Crippen molar-refractivity contribution in [3.8, 4) is 5.75 Å². The molecule has 0 aliphatic carbocycles. The van der Waals surface area contributed by atoms with Crippen LogP contribution < -0.4 is 0 Å². The lowest BCUT2D eigenvalue weighted by molar-refractivity contribution is 0.0527. The normalized spacial score (nSPS) is 12.0. The summed E-state index contributed by atoms with van der Waals surface area (Å²) >= 11 is 0. The largest absolute Gasteiger partial charge is 0.506 e. The van der Waals surface area contributed by atoms with E-state index in [0.717, 1.165) is 5.56 Å². The molecule has 166 valence electrons. The van der Waals surface area contributed by atoms with Crippen molar-refractivity contribution in [2.75, 3.05) is 20.7 Å². The number of nitrogens with zero attached hydrogens (tertiary/aromatic N) is 2. The molecule has 3 aromatic rings. The van der Waals surface area contributed by atoms with Gasteiger partial charge < -0.3 is 19.3 Å². The van der Waals surface area contributed by atoms with E-state index in [1.807, 2.05) is 25.9 Å². The summed E-state index contributed by atoms with van der Waals surface area (Å²) in [6.45, 7) is 5.77. The summed E-state index contributed by atoms with van der Waals surface area (Å²) in [4.78, 5) is 14.4. The van der Waals surface area contributed by atoms with E-state index in [1.165, 1.54) is 12.1 Å². The fourth-order valence-corrected chi connectivity index (χ4v) is 5.32. The minimum Gasteiger partial charge on any atom is -0.506 e. The van der Waals surface area contributed by atoms with E-state index in [1.54, 1.807) is 43.7 Å². The van der Waals surface area contributed by atoms with Crippen LogP contribution in [0.25, 0.3) is 10.9 Å². The molecule has 0 saturated carbocycles. The van der Waals surface area contributed by atoms with Gasteiger partial charge in [-0.05, 0) is 53.1 Å². The predicted molar refractivity (Wildman–Crippen MR) is 119 cm³/mol. The molecule has 0 atom stereocenters. The number of phenolic OH excluding ortho intramolecular Hbond substituents is 1. The lowest BCUT2D eigenvalue weighted by atomic mass is 10.1. The molecular formula is C23H28N2O5S. The highest BCUT2D eigenvalue weighted by Crippen LogP contribution is 2.42. The second kappa shape index (κ2) is 8.36. The molecule has 0 unspecified atom stereocenters. The van der Waals surface area contributed by atoms with Crippen molar-refractivity contribution in [3.05, 3.63) is 52.7 Å². The molecule has 1 N–H and O–H groups in total. The minimum atomic E-state index is -4.14. The first-order valence-corrected chi connectivity index (χ1v) is 11.5. The van der Waals surface area contributed by atoms with Crippen molar-refractivity contribution in [2.24, 2.45) is 7.05 Å². The first-order valence-electron chi connectivity index (χ1n) is 9.98. The Morgan fingerprint density at radius 2 is 1.77 bits per heavy atom. The Hall–Kier alpha value is -2.84. The van der Waals surface area contributed by atoms with Crippen molar-refractivity contribution >= 4 is 26.7 Å². The predicted octanol–water partition coefficient (Wildman–Crippen LogP) is 3.57. The maximum Gasteiger partial charge on any atom is 0.340 e. The van der Waals surface area contributed by atoms with Crippen LogP contribution in [0.2, 0.25) is 0 Å². The minimum absolute atomic E-state index is 0.0491. The fourth-order valence-electron chi connectivity index (χ4n) is 3.73. The van der Waals surface area contributed by atoms with Gasteiger partial charge in [0.25, 0.3) is 0 Å². The van der Waals surface area contributed by atoms with E-state index >= 15 is 0 Å². The Kier molecular flexibility index (Phi) is 6.16. The SMILES string of the molecule is CCOC(=O)c1c(C)n(C)c2cc(CN(C)C)c(O)c(S(=O)(=O)c3ccc(C)cc3)c12. The number of ether oxygens (including phenoxy) is 1. The quantitative estimate of drug-likeness (QED) is 0.585. The molecule has 0 bridgehead atoms. The highest BCUT2D eigenvalue weighted by Gasteiger charge is 2.33. The van der Waals surface area contributed by atoms with Gasteiger partial charge in [0, 0.05) is 30.2 Å².